The predicted molar refractivity (Wildman–Crippen MR) is 73.4 cm³/mol. The summed E-state index contributed by atoms with van der Waals surface area (Å²) < 4.78 is 64.9. The fourth-order valence-electron chi connectivity index (χ4n) is 2.28. The number of rotatable bonds is 9. The van der Waals surface area contributed by atoms with E-state index in [9.17, 15) is 21.6 Å². The quantitative estimate of drug-likeness (QED) is 0.594. The van der Waals surface area contributed by atoms with Crippen molar-refractivity contribution in [2.45, 2.75) is 58.7 Å². The lowest BCUT2D eigenvalue weighted by Gasteiger charge is -2.33. The van der Waals surface area contributed by atoms with Crippen molar-refractivity contribution in [3.63, 3.8) is 0 Å². The molecule has 0 amide bonds. The van der Waals surface area contributed by atoms with E-state index in [1.54, 1.807) is 0 Å². The van der Waals surface area contributed by atoms with E-state index in [-0.39, 0.29) is 12.4 Å². The van der Waals surface area contributed by atoms with E-state index in [1.807, 2.05) is 13.8 Å². The third-order valence-corrected chi connectivity index (χ3v) is 4.42. The van der Waals surface area contributed by atoms with Gasteiger partial charge < -0.3 is 4.74 Å². The second kappa shape index (κ2) is 7.84. The van der Waals surface area contributed by atoms with Gasteiger partial charge in [-0.15, -0.1) is 0 Å². The van der Waals surface area contributed by atoms with Crippen molar-refractivity contribution >= 4 is 19.7 Å². The zero-order valence-electron chi connectivity index (χ0n) is 12.0. The molecule has 8 heteroatoms. The lowest BCUT2D eigenvalue weighted by molar-refractivity contribution is -0.221. The molecule has 0 rings (SSSR count). The van der Waals surface area contributed by atoms with E-state index in [4.69, 9.17) is 15.4 Å². The van der Waals surface area contributed by atoms with Gasteiger partial charge in [0.05, 0.1) is 12.4 Å². The van der Waals surface area contributed by atoms with Gasteiger partial charge in [0.15, 0.2) is 6.10 Å². The number of hydrogen-bond acceptors (Lipinski definition) is 3. The molecule has 0 spiro atoms. The average Bonchev–Trinajstić information content (AvgIpc) is 2.23. The highest BCUT2D eigenvalue weighted by atomic mass is 35.7. The molecule has 0 fully saturated rings. The van der Waals surface area contributed by atoms with Crippen LogP contribution in [0.15, 0.2) is 0 Å². The Morgan fingerprint density at radius 2 is 1.60 bits per heavy atom. The lowest BCUT2D eigenvalue weighted by atomic mass is 9.82. The summed E-state index contributed by atoms with van der Waals surface area (Å²) in [6.45, 7) is 4.34. The molecule has 3 nitrogen and oxygen atoms in total. The van der Waals surface area contributed by atoms with Crippen molar-refractivity contribution in [1.82, 2.24) is 0 Å². The van der Waals surface area contributed by atoms with E-state index in [1.165, 1.54) is 0 Å². The van der Waals surface area contributed by atoms with Crippen molar-refractivity contribution in [2.75, 3.05) is 12.4 Å². The van der Waals surface area contributed by atoms with E-state index < -0.39 is 26.7 Å². The molecule has 0 saturated carbocycles. The Morgan fingerprint density at radius 3 is 1.90 bits per heavy atom. The van der Waals surface area contributed by atoms with Crippen molar-refractivity contribution in [3.8, 4) is 0 Å². The number of halogens is 4. The Kier molecular flexibility index (Phi) is 7.84. The summed E-state index contributed by atoms with van der Waals surface area (Å²) in [4.78, 5) is 0. The summed E-state index contributed by atoms with van der Waals surface area (Å²) in [6, 6.07) is 0. The largest absolute Gasteiger partial charge is 0.414 e. The first kappa shape index (κ1) is 20.0. The topological polar surface area (TPSA) is 43.4 Å². The Hall–Kier alpha value is -0.0100. The first-order valence-corrected chi connectivity index (χ1v) is 9.04. The normalized spacial score (nSPS) is 15.3. The van der Waals surface area contributed by atoms with Gasteiger partial charge in [-0.3, -0.25) is 0 Å². The second-order valence-corrected chi connectivity index (χ2v) is 7.95. The SMILES string of the molecule is CCCC(CCC)(COC(C)C(F)(F)F)CS(=O)(=O)Cl. The van der Waals surface area contributed by atoms with Crippen LogP contribution in [-0.2, 0) is 13.8 Å². The summed E-state index contributed by atoms with van der Waals surface area (Å²) in [5, 5.41) is 0. The molecular weight excluding hydrogens is 317 g/mol. The smallest absolute Gasteiger partial charge is 0.368 e. The fraction of sp³-hybridized carbons (Fsp3) is 1.00. The van der Waals surface area contributed by atoms with Gasteiger partial charge in [0.1, 0.15) is 0 Å². The standard InChI is InChI=1S/C12H22ClF3O3S/c1-4-6-11(7-5-2,9-20(13,17)18)8-19-10(3)12(14,15)16/h10H,4-9H2,1-3H3. The van der Waals surface area contributed by atoms with Gasteiger partial charge in [-0.2, -0.15) is 13.2 Å². The van der Waals surface area contributed by atoms with Crippen LogP contribution in [0.2, 0.25) is 0 Å². The first-order valence-electron chi connectivity index (χ1n) is 6.56. The minimum absolute atomic E-state index is 0.263. The summed E-state index contributed by atoms with van der Waals surface area (Å²) in [7, 11) is 1.49. The van der Waals surface area contributed by atoms with Crippen LogP contribution >= 0.6 is 10.7 Å². The average molecular weight is 339 g/mol. The molecule has 0 aromatic rings. The van der Waals surface area contributed by atoms with Gasteiger partial charge in [0.2, 0.25) is 9.05 Å². The van der Waals surface area contributed by atoms with Crippen molar-refractivity contribution in [2.24, 2.45) is 5.41 Å². The maximum atomic E-state index is 12.5. The molecule has 20 heavy (non-hydrogen) atoms. The van der Waals surface area contributed by atoms with E-state index in [2.05, 4.69) is 0 Å². The Morgan fingerprint density at radius 1 is 1.15 bits per heavy atom. The van der Waals surface area contributed by atoms with Crippen molar-refractivity contribution < 1.29 is 26.3 Å². The minimum Gasteiger partial charge on any atom is -0.368 e. The summed E-state index contributed by atoms with van der Waals surface area (Å²) in [5.41, 5.74) is -0.858. The summed E-state index contributed by atoms with van der Waals surface area (Å²) >= 11 is 0. The first-order chi connectivity index (χ1) is 8.96. The highest BCUT2D eigenvalue weighted by molar-refractivity contribution is 8.13. The van der Waals surface area contributed by atoms with Gasteiger partial charge in [0, 0.05) is 16.1 Å². The zero-order valence-corrected chi connectivity index (χ0v) is 13.5. The van der Waals surface area contributed by atoms with E-state index in [0.717, 1.165) is 6.92 Å². The highest BCUT2D eigenvalue weighted by Crippen LogP contribution is 2.35. The molecule has 0 radical (unpaired) electrons. The maximum absolute atomic E-state index is 12.5. The monoisotopic (exact) mass is 338 g/mol. The van der Waals surface area contributed by atoms with Gasteiger partial charge >= 0.3 is 6.18 Å². The Balaban J connectivity index is 5.00. The van der Waals surface area contributed by atoms with Crippen LogP contribution in [0.1, 0.15) is 46.5 Å². The summed E-state index contributed by atoms with van der Waals surface area (Å²) in [5.74, 6) is -0.367. The van der Waals surface area contributed by atoms with Crippen LogP contribution in [0, 0.1) is 5.41 Å². The van der Waals surface area contributed by atoms with Crippen molar-refractivity contribution in [1.29, 1.82) is 0 Å². The fourth-order valence-corrected chi connectivity index (χ4v) is 4.08. The maximum Gasteiger partial charge on any atom is 0.414 e. The Bertz CT molecular complexity index is 376. The van der Waals surface area contributed by atoms with E-state index in [0.29, 0.717) is 25.7 Å². The van der Waals surface area contributed by atoms with Gasteiger partial charge in [-0.1, -0.05) is 26.7 Å². The minimum atomic E-state index is -4.45. The number of ether oxygens (including phenoxy) is 1. The highest BCUT2D eigenvalue weighted by Gasteiger charge is 2.40. The molecule has 0 bridgehead atoms. The molecule has 1 atom stereocenters. The van der Waals surface area contributed by atoms with Crippen LogP contribution in [0.3, 0.4) is 0 Å². The Labute approximate surface area is 123 Å². The van der Waals surface area contributed by atoms with Gasteiger partial charge in [-0.25, -0.2) is 8.42 Å². The summed E-state index contributed by atoms with van der Waals surface area (Å²) in [6.07, 6.45) is -4.17. The molecule has 0 aromatic carbocycles. The van der Waals surface area contributed by atoms with Gasteiger partial charge in [-0.05, 0) is 19.8 Å². The van der Waals surface area contributed by atoms with Gasteiger partial charge in [0.25, 0.3) is 0 Å². The number of hydrogen-bond donors (Lipinski definition) is 0. The van der Waals surface area contributed by atoms with Crippen LogP contribution in [0.25, 0.3) is 0 Å². The molecule has 0 aromatic heterocycles. The van der Waals surface area contributed by atoms with Crippen molar-refractivity contribution in [3.05, 3.63) is 0 Å². The second-order valence-electron chi connectivity index (χ2n) is 5.18. The predicted octanol–water partition coefficient (Wildman–Crippen LogP) is 4.11. The molecule has 0 heterocycles. The molecular formula is C12H22ClF3O3S. The molecule has 0 N–H and O–H groups in total. The van der Waals surface area contributed by atoms with Crippen LogP contribution in [0.5, 0.6) is 0 Å². The van der Waals surface area contributed by atoms with E-state index >= 15 is 0 Å². The zero-order chi connectivity index (χ0) is 16.0. The molecule has 1 unspecified atom stereocenters. The third-order valence-electron chi connectivity index (χ3n) is 3.14. The lowest BCUT2D eigenvalue weighted by Crippen LogP contribution is -2.38. The van der Waals surface area contributed by atoms with Crippen LogP contribution in [-0.4, -0.2) is 33.1 Å². The molecule has 0 saturated heterocycles. The molecule has 0 aliphatic carbocycles. The number of alkyl halides is 3. The third kappa shape index (κ3) is 7.69. The molecule has 122 valence electrons. The van der Waals surface area contributed by atoms with Crippen LogP contribution in [0.4, 0.5) is 13.2 Å². The molecule has 0 aliphatic rings. The van der Waals surface area contributed by atoms with Crippen LogP contribution < -0.4 is 0 Å². The molecule has 0 aliphatic heterocycles.